The largest absolute Gasteiger partial charge is 0.354 e. The first-order valence-corrected chi connectivity index (χ1v) is 11.9. The molecule has 1 aliphatic rings. The van der Waals surface area contributed by atoms with Gasteiger partial charge >= 0.3 is 0 Å². The van der Waals surface area contributed by atoms with Gasteiger partial charge in [-0.2, -0.15) is 0 Å². The molecule has 8 rings (SSSR count). The molecule has 2 nitrogen and oxygen atoms in total. The van der Waals surface area contributed by atoms with Gasteiger partial charge in [-0.3, -0.25) is 0 Å². The summed E-state index contributed by atoms with van der Waals surface area (Å²) < 4.78 is 2.50. The van der Waals surface area contributed by atoms with Crippen molar-refractivity contribution in [2.45, 2.75) is 6.92 Å². The number of hydrogen-bond donors (Lipinski definition) is 1. The van der Waals surface area contributed by atoms with E-state index in [2.05, 4.69) is 114 Å². The summed E-state index contributed by atoms with van der Waals surface area (Å²) in [7, 11) is 0.940. The average molecular weight is 432 g/mol. The zero-order valence-corrected chi connectivity index (χ0v) is 18.9. The van der Waals surface area contributed by atoms with Crippen LogP contribution in [0.1, 0.15) is 5.56 Å². The summed E-state index contributed by atoms with van der Waals surface area (Å²) >= 11 is 0. The number of aryl methyl sites for hydroxylation is 1. The van der Waals surface area contributed by atoms with E-state index in [0.29, 0.717) is 0 Å². The first-order chi connectivity index (χ1) is 16.8. The second kappa shape index (κ2) is 6.42. The maximum absolute atomic E-state index is 3.73. The molecule has 0 amide bonds. The molecular weight excluding hydrogens is 411 g/mol. The summed E-state index contributed by atoms with van der Waals surface area (Å²) in [6, 6.07) is 35.7. The summed E-state index contributed by atoms with van der Waals surface area (Å²) in [6.07, 6.45) is 0. The Labute approximate surface area is 197 Å². The van der Waals surface area contributed by atoms with Gasteiger partial charge in [0, 0.05) is 43.8 Å². The summed E-state index contributed by atoms with van der Waals surface area (Å²) in [5.74, 6) is 0. The van der Waals surface area contributed by atoms with Crippen molar-refractivity contribution in [3.8, 4) is 16.8 Å². The van der Waals surface area contributed by atoms with Gasteiger partial charge in [0.2, 0.25) is 0 Å². The van der Waals surface area contributed by atoms with Gasteiger partial charge in [-0.1, -0.05) is 84.3 Å². The van der Waals surface area contributed by atoms with Gasteiger partial charge in [-0.05, 0) is 41.7 Å². The molecule has 7 aromatic rings. The molecular formula is C31H21BN2. The molecule has 0 saturated heterocycles. The average Bonchev–Trinajstić information content (AvgIpc) is 3.42. The van der Waals surface area contributed by atoms with Crippen molar-refractivity contribution in [2.75, 3.05) is 0 Å². The van der Waals surface area contributed by atoms with E-state index in [0.717, 1.165) is 7.28 Å². The Balaban J connectivity index is 1.51. The molecule has 0 spiro atoms. The van der Waals surface area contributed by atoms with Crippen LogP contribution in [0.2, 0.25) is 0 Å². The van der Waals surface area contributed by atoms with Gasteiger partial charge in [0.25, 0.3) is 0 Å². The fourth-order valence-corrected chi connectivity index (χ4v) is 6.19. The topological polar surface area (TPSA) is 20.7 Å². The van der Waals surface area contributed by atoms with Gasteiger partial charge in [0.15, 0.2) is 7.28 Å². The molecule has 2 aromatic heterocycles. The van der Waals surface area contributed by atoms with Gasteiger partial charge in [0.05, 0.1) is 11.0 Å². The third-order valence-corrected chi connectivity index (χ3v) is 7.59. The Bertz CT molecular complexity index is 1950. The SMILES string of the molecule is Cc1cc(-c2cccc3c2[nH]c2ccccc23)c2c(c1)-n1c3ccccc3c3cccc(c31)B2. The highest BCUT2D eigenvalue weighted by Gasteiger charge is 2.26. The zero-order valence-electron chi connectivity index (χ0n) is 18.9. The minimum absolute atomic E-state index is 0.940. The molecule has 1 aliphatic heterocycles. The molecule has 0 atom stereocenters. The number of H-pyrrole nitrogens is 1. The van der Waals surface area contributed by atoms with Crippen LogP contribution >= 0.6 is 0 Å². The Morgan fingerprint density at radius 2 is 1.44 bits per heavy atom. The van der Waals surface area contributed by atoms with Crippen LogP contribution in [0.4, 0.5) is 0 Å². The number of aromatic nitrogens is 2. The van der Waals surface area contributed by atoms with Crippen molar-refractivity contribution in [2.24, 2.45) is 0 Å². The standard InChI is InChI=1S/C31H21BN2/c1-18-16-24(22-11-6-10-21-19-8-2-4-14-26(19)33-30(21)22)29-28(17-18)34-27-15-5-3-9-20(27)23-12-7-13-25(32-29)31(23)34/h2-17,32-33H,1H3. The molecule has 3 heteroatoms. The number of nitrogens with zero attached hydrogens (tertiary/aromatic N) is 1. The van der Waals surface area contributed by atoms with Crippen LogP contribution in [0, 0.1) is 6.92 Å². The number of para-hydroxylation sites is 4. The lowest BCUT2D eigenvalue weighted by molar-refractivity contribution is 1.18. The van der Waals surface area contributed by atoms with E-state index in [-0.39, 0.29) is 0 Å². The molecule has 0 aliphatic carbocycles. The third kappa shape index (κ3) is 2.26. The lowest BCUT2D eigenvalue weighted by atomic mass is 9.59. The predicted molar refractivity (Wildman–Crippen MR) is 147 cm³/mol. The monoisotopic (exact) mass is 432 g/mol. The van der Waals surface area contributed by atoms with Crippen molar-refractivity contribution < 1.29 is 0 Å². The summed E-state index contributed by atoms with van der Waals surface area (Å²) in [6.45, 7) is 2.22. The normalized spacial score (nSPS) is 12.5. The smallest absolute Gasteiger partial charge is 0.198 e. The Morgan fingerprint density at radius 3 is 2.38 bits per heavy atom. The van der Waals surface area contributed by atoms with E-state index >= 15 is 0 Å². The lowest BCUT2D eigenvalue weighted by Gasteiger charge is -2.24. The van der Waals surface area contributed by atoms with Crippen molar-refractivity contribution >= 4 is 61.8 Å². The lowest BCUT2D eigenvalue weighted by Crippen LogP contribution is -2.37. The Hall–Kier alpha value is -4.24. The highest BCUT2D eigenvalue weighted by Crippen LogP contribution is 2.37. The van der Waals surface area contributed by atoms with Crippen LogP contribution < -0.4 is 10.9 Å². The van der Waals surface area contributed by atoms with E-state index in [1.54, 1.807) is 0 Å². The summed E-state index contributed by atoms with van der Waals surface area (Å²) in [5, 5.41) is 5.24. The molecule has 0 saturated carbocycles. The zero-order chi connectivity index (χ0) is 22.4. The number of aromatic amines is 1. The second-order valence-electron chi connectivity index (χ2n) is 9.55. The van der Waals surface area contributed by atoms with Crippen molar-refractivity contribution in [3.05, 3.63) is 103 Å². The highest BCUT2D eigenvalue weighted by atomic mass is 15.0. The quantitative estimate of drug-likeness (QED) is 0.303. The van der Waals surface area contributed by atoms with Gasteiger partial charge < -0.3 is 9.55 Å². The highest BCUT2D eigenvalue weighted by molar-refractivity contribution is 6.73. The first kappa shape index (κ1) is 18.2. The van der Waals surface area contributed by atoms with Crippen LogP contribution in [0.15, 0.2) is 97.1 Å². The van der Waals surface area contributed by atoms with Crippen LogP contribution in [-0.4, -0.2) is 16.8 Å². The number of fused-ring (bicyclic) bond motifs is 8. The minimum atomic E-state index is 0.940. The summed E-state index contributed by atoms with van der Waals surface area (Å²) in [4.78, 5) is 3.73. The first-order valence-electron chi connectivity index (χ1n) is 11.9. The third-order valence-electron chi connectivity index (χ3n) is 7.59. The summed E-state index contributed by atoms with van der Waals surface area (Å²) in [5.41, 5.74) is 13.1. The van der Waals surface area contributed by atoms with E-state index in [1.165, 1.54) is 76.9 Å². The fourth-order valence-electron chi connectivity index (χ4n) is 6.19. The molecule has 1 N–H and O–H groups in total. The molecule has 158 valence electrons. The second-order valence-corrected chi connectivity index (χ2v) is 9.55. The number of hydrogen-bond acceptors (Lipinski definition) is 0. The predicted octanol–water partition coefficient (Wildman–Crippen LogP) is 6.09. The molecule has 0 fully saturated rings. The molecule has 3 heterocycles. The van der Waals surface area contributed by atoms with E-state index in [9.17, 15) is 0 Å². The van der Waals surface area contributed by atoms with Crippen molar-refractivity contribution in [1.29, 1.82) is 0 Å². The molecule has 0 bridgehead atoms. The van der Waals surface area contributed by atoms with Crippen LogP contribution in [0.3, 0.4) is 0 Å². The van der Waals surface area contributed by atoms with Gasteiger partial charge in [0.1, 0.15) is 0 Å². The van der Waals surface area contributed by atoms with Gasteiger partial charge in [-0.15, -0.1) is 0 Å². The minimum Gasteiger partial charge on any atom is -0.354 e. The molecule has 0 unspecified atom stereocenters. The molecule has 34 heavy (non-hydrogen) atoms. The fraction of sp³-hybridized carbons (Fsp3) is 0.0323. The maximum Gasteiger partial charge on any atom is 0.198 e. The molecule has 5 aromatic carbocycles. The van der Waals surface area contributed by atoms with Crippen LogP contribution in [0.25, 0.3) is 60.4 Å². The van der Waals surface area contributed by atoms with E-state index in [1.807, 2.05) is 0 Å². The van der Waals surface area contributed by atoms with Crippen molar-refractivity contribution in [3.63, 3.8) is 0 Å². The van der Waals surface area contributed by atoms with Gasteiger partial charge in [-0.25, -0.2) is 0 Å². The van der Waals surface area contributed by atoms with Crippen LogP contribution in [0.5, 0.6) is 0 Å². The number of nitrogens with one attached hydrogen (secondary N) is 1. The van der Waals surface area contributed by atoms with Crippen molar-refractivity contribution in [1.82, 2.24) is 9.55 Å². The Kier molecular flexibility index (Phi) is 3.44. The van der Waals surface area contributed by atoms with Crippen LogP contribution in [-0.2, 0) is 0 Å². The number of rotatable bonds is 1. The number of benzene rings is 5. The maximum atomic E-state index is 3.73. The van der Waals surface area contributed by atoms with E-state index in [4.69, 9.17) is 0 Å². The molecule has 0 radical (unpaired) electrons. The van der Waals surface area contributed by atoms with E-state index < -0.39 is 0 Å². The Morgan fingerprint density at radius 1 is 0.676 bits per heavy atom.